The van der Waals surface area contributed by atoms with Crippen LogP contribution < -0.4 is 9.80 Å². The van der Waals surface area contributed by atoms with Crippen molar-refractivity contribution in [3.8, 4) is 0 Å². The summed E-state index contributed by atoms with van der Waals surface area (Å²) in [7, 11) is 0. The Hall–Kier alpha value is -2.60. The van der Waals surface area contributed by atoms with Crippen molar-refractivity contribution in [3.63, 3.8) is 0 Å². The van der Waals surface area contributed by atoms with Gasteiger partial charge in [0, 0.05) is 50.9 Å². The molecule has 1 aromatic heterocycles. The van der Waals surface area contributed by atoms with Crippen molar-refractivity contribution in [2.24, 2.45) is 5.92 Å². The number of piperidine rings is 1. The van der Waals surface area contributed by atoms with Crippen LogP contribution in [-0.4, -0.2) is 55.1 Å². The quantitative estimate of drug-likeness (QED) is 0.578. The maximum absolute atomic E-state index is 13.2. The Morgan fingerprint density at radius 2 is 1.56 bits per heavy atom. The maximum atomic E-state index is 13.2. The predicted molar refractivity (Wildman–Crippen MR) is 134 cm³/mol. The van der Waals surface area contributed by atoms with E-state index in [1.807, 2.05) is 0 Å². The second-order valence-corrected chi connectivity index (χ2v) is 10.3. The number of fused-ring (bicyclic) bond motifs is 1. The van der Waals surface area contributed by atoms with Gasteiger partial charge in [-0.1, -0.05) is 29.5 Å². The highest BCUT2D eigenvalue weighted by Gasteiger charge is 2.31. The first-order chi connectivity index (χ1) is 15.5. The molecule has 2 aliphatic rings. The fourth-order valence-electron chi connectivity index (χ4n) is 4.96. The summed E-state index contributed by atoms with van der Waals surface area (Å²) < 4.78 is 1.25. The topological polar surface area (TPSA) is 39.7 Å². The van der Waals surface area contributed by atoms with Crippen LogP contribution in [0.4, 0.5) is 10.8 Å². The fraction of sp³-hybridized carbons (Fsp3) is 0.462. The van der Waals surface area contributed by atoms with Gasteiger partial charge in [0.15, 0.2) is 5.13 Å². The van der Waals surface area contributed by atoms with Gasteiger partial charge in [-0.3, -0.25) is 4.79 Å². The Morgan fingerprint density at radius 3 is 2.31 bits per heavy atom. The Balaban J connectivity index is 1.16. The van der Waals surface area contributed by atoms with Crippen LogP contribution in [0, 0.1) is 26.7 Å². The zero-order valence-corrected chi connectivity index (χ0v) is 20.1. The van der Waals surface area contributed by atoms with E-state index >= 15 is 0 Å². The van der Waals surface area contributed by atoms with Crippen molar-refractivity contribution in [2.75, 3.05) is 49.1 Å². The molecule has 0 N–H and O–H groups in total. The molecular weight excluding hydrogens is 416 g/mol. The number of hydrogen-bond acceptors (Lipinski definition) is 5. The Morgan fingerprint density at radius 1 is 0.875 bits per heavy atom. The molecule has 168 valence electrons. The van der Waals surface area contributed by atoms with E-state index in [1.54, 1.807) is 11.3 Å². The number of rotatable bonds is 3. The SMILES string of the molecule is Cc1ccc(C)c(N2CCN(C(=O)C3CCN(c4nc5ccc(C)cc5s4)CC3)CC2)c1. The molecule has 0 unspecified atom stereocenters. The van der Waals surface area contributed by atoms with E-state index in [0.29, 0.717) is 5.91 Å². The highest BCUT2D eigenvalue weighted by atomic mass is 32.1. The number of amides is 1. The molecule has 2 saturated heterocycles. The van der Waals surface area contributed by atoms with Crippen molar-refractivity contribution in [3.05, 3.63) is 53.1 Å². The smallest absolute Gasteiger partial charge is 0.225 e. The molecule has 0 aliphatic carbocycles. The molecule has 5 nitrogen and oxygen atoms in total. The van der Waals surface area contributed by atoms with E-state index in [0.717, 1.165) is 62.8 Å². The number of thiazole rings is 1. The van der Waals surface area contributed by atoms with Crippen LogP contribution in [0.1, 0.15) is 29.5 Å². The molecule has 0 bridgehead atoms. The molecule has 6 heteroatoms. The van der Waals surface area contributed by atoms with Crippen molar-refractivity contribution >= 4 is 38.3 Å². The highest BCUT2D eigenvalue weighted by molar-refractivity contribution is 7.22. The van der Waals surface area contributed by atoms with Crippen molar-refractivity contribution in [2.45, 2.75) is 33.6 Å². The number of nitrogens with zero attached hydrogens (tertiary/aromatic N) is 4. The molecule has 3 heterocycles. The first-order valence-electron chi connectivity index (χ1n) is 11.7. The summed E-state index contributed by atoms with van der Waals surface area (Å²) in [5.74, 6) is 0.500. The standard InChI is InChI=1S/C26H32N4OS/c1-18-4-6-20(3)23(16-18)28-12-14-29(15-13-28)25(31)21-8-10-30(11-9-21)26-27-22-7-5-19(2)17-24(22)32-26/h4-7,16-17,21H,8-15H2,1-3H3. The molecule has 0 spiro atoms. The number of piperazine rings is 1. The molecule has 5 rings (SSSR count). The van der Waals surface area contributed by atoms with Gasteiger partial charge in [-0.25, -0.2) is 4.98 Å². The highest BCUT2D eigenvalue weighted by Crippen LogP contribution is 2.32. The molecule has 2 fully saturated rings. The normalized spacial score (nSPS) is 17.9. The summed E-state index contributed by atoms with van der Waals surface area (Å²) in [6.45, 7) is 11.7. The minimum Gasteiger partial charge on any atom is -0.368 e. The van der Waals surface area contributed by atoms with Gasteiger partial charge in [0.25, 0.3) is 0 Å². The van der Waals surface area contributed by atoms with Gasteiger partial charge < -0.3 is 14.7 Å². The van der Waals surface area contributed by atoms with Gasteiger partial charge in [-0.15, -0.1) is 0 Å². The lowest BCUT2D eigenvalue weighted by molar-refractivity contribution is -0.136. The average molecular weight is 449 g/mol. The zero-order valence-electron chi connectivity index (χ0n) is 19.3. The third-order valence-corrected chi connectivity index (χ3v) is 8.02. The number of hydrogen-bond donors (Lipinski definition) is 0. The monoisotopic (exact) mass is 448 g/mol. The lowest BCUT2D eigenvalue weighted by atomic mass is 9.95. The first kappa shape index (κ1) is 21.3. The van der Waals surface area contributed by atoms with Gasteiger partial charge >= 0.3 is 0 Å². The van der Waals surface area contributed by atoms with Crippen LogP contribution in [0.25, 0.3) is 10.2 Å². The predicted octanol–water partition coefficient (Wildman–Crippen LogP) is 4.79. The van der Waals surface area contributed by atoms with Crippen LogP contribution in [-0.2, 0) is 4.79 Å². The summed E-state index contributed by atoms with van der Waals surface area (Å²) in [5.41, 5.74) is 6.27. The van der Waals surface area contributed by atoms with Crippen LogP contribution >= 0.6 is 11.3 Å². The van der Waals surface area contributed by atoms with Crippen LogP contribution in [0.5, 0.6) is 0 Å². The van der Waals surface area contributed by atoms with Crippen molar-refractivity contribution in [1.82, 2.24) is 9.88 Å². The van der Waals surface area contributed by atoms with Crippen molar-refractivity contribution < 1.29 is 4.79 Å². The summed E-state index contributed by atoms with van der Waals surface area (Å²) in [4.78, 5) is 24.9. The molecule has 2 aromatic carbocycles. The largest absolute Gasteiger partial charge is 0.368 e. The Labute approximate surface area is 194 Å². The molecule has 3 aromatic rings. The van der Waals surface area contributed by atoms with E-state index < -0.39 is 0 Å². The maximum Gasteiger partial charge on any atom is 0.225 e. The second-order valence-electron chi connectivity index (χ2n) is 9.33. The Bertz CT molecular complexity index is 1120. The number of benzene rings is 2. The van der Waals surface area contributed by atoms with E-state index in [1.165, 1.54) is 27.1 Å². The zero-order chi connectivity index (χ0) is 22.2. The summed E-state index contributed by atoms with van der Waals surface area (Å²) in [6.07, 6.45) is 1.84. The molecule has 2 aliphatic heterocycles. The average Bonchev–Trinajstić information content (AvgIpc) is 3.24. The van der Waals surface area contributed by atoms with Crippen molar-refractivity contribution in [1.29, 1.82) is 0 Å². The lowest BCUT2D eigenvalue weighted by Crippen LogP contribution is -2.51. The minimum absolute atomic E-state index is 0.148. The summed E-state index contributed by atoms with van der Waals surface area (Å²) in [6, 6.07) is 13.1. The first-order valence-corrected chi connectivity index (χ1v) is 12.5. The Kier molecular flexibility index (Phi) is 5.80. The third kappa shape index (κ3) is 4.20. The van der Waals surface area contributed by atoms with E-state index in [9.17, 15) is 4.79 Å². The molecule has 1 amide bonds. The summed E-state index contributed by atoms with van der Waals surface area (Å²) in [5, 5.41) is 1.10. The lowest BCUT2D eigenvalue weighted by Gasteiger charge is -2.39. The molecule has 0 saturated carbocycles. The summed E-state index contributed by atoms with van der Waals surface area (Å²) >= 11 is 1.77. The van der Waals surface area contributed by atoms with Gasteiger partial charge in [-0.05, 0) is 68.5 Å². The van der Waals surface area contributed by atoms with Crippen LogP contribution in [0.3, 0.4) is 0 Å². The van der Waals surface area contributed by atoms with Gasteiger partial charge in [-0.2, -0.15) is 0 Å². The molecule has 32 heavy (non-hydrogen) atoms. The number of anilines is 2. The van der Waals surface area contributed by atoms with Gasteiger partial charge in [0.2, 0.25) is 5.91 Å². The minimum atomic E-state index is 0.148. The number of aromatic nitrogens is 1. The number of aryl methyl sites for hydroxylation is 3. The third-order valence-electron chi connectivity index (χ3n) is 6.94. The van der Waals surface area contributed by atoms with Gasteiger partial charge in [0.1, 0.15) is 0 Å². The molecule has 0 radical (unpaired) electrons. The number of carbonyl (C=O) groups is 1. The van der Waals surface area contributed by atoms with Gasteiger partial charge in [0.05, 0.1) is 10.2 Å². The van der Waals surface area contributed by atoms with E-state index in [-0.39, 0.29) is 5.92 Å². The van der Waals surface area contributed by atoms with E-state index in [4.69, 9.17) is 4.98 Å². The molecular formula is C26H32N4OS. The van der Waals surface area contributed by atoms with Crippen LogP contribution in [0.15, 0.2) is 36.4 Å². The second kappa shape index (κ2) is 8.74. The fourth-order valence-corrected chi connectivity index (χ4v) is 6.07. The van der Waals surface area contributed by atoms with Crippen LogP contribution in [0.2, 0.25) is 0 Å². The van der Waals surface area contributed by atoms with E-state index in [2.05, 4.69) is 71.9 Å². The number of carbonyl (C=O) groups excluding carboxylic acids is 1. The molecule has 0 atom stereocenters.